The van der Waals surface area contributed by atoms with Gasteiger partial charge in [0.1, 0.15) is 42.3 Å². The fraction of sp³-hybridized carbons (Fsp3) is 0.580. The van der Waals surface area contributed by atoms with Crippen molar-refractivity contribution in [3.8, 4) is 0 Å². The summed E-state index contributed by atoms with van der Waals surface area (Å²) in [7, 11) is 0. The number of benzene rings is 1. The van der Waals surface area contributed by atoms with Gasteiger partial charge < -0.3 is 103 Å². The average Bonchev–Trinajstić information content (AvgIpc) is 3.91. The molecule has 0 saturated heterocycles. The lowest BCUT2D eigenvalue weighted by molar-refractivity contribution is -0.142. The zero-order chi connectivity index (χ0) is 61.5. The molecule has 1 aromatic carbocycles. The van der Waals surface area contributed by atoms with Gasteiger partial charge in [0, 0.05) is 49.6 Å². The minimum absolute atomic E-state index is 0.0453. The summed E-state index contributed by atoms with van der Waals surface area (Å²) < 4.78 is 0. The van der Waals surface area contributed by atoms with Gasteiger partial charge in [0.15, 0.2) is 17.9 Å². The van der Waals surface area contributed by atoms with Crippen LogP contribution < -0.4 is 87.6 Å². The van der Waals surface area contributed by atoms with Crippen LogP contribution in [0.15, 0.2) is 30.5 Å². The first-order chi connectivity index (χ1) is 38.8. The summed E-state index contributed by atoms with van der Waals surface area (Å²) in [5.74, 6) is -12.0. The Morgan fingerprint density at radius 1 is 0.561 bits per heavy atom. The predicted molar refractivity (Wildman–Crippen MR) is 302 cm³/mol. The molecule has 1 heterocycles. The van der Waals surface area contributed by atoms with E-state index < -0.39 is 126 Å². The SMILES string of the molecule is CC[C@H](C)[C@H](NC(=O)[C@H](CCCNC(=N)N)NC(=O)[C@@H](N)CCC(=O)O)C(=O)N[C@@H](CC(N)=O)C(=O)N[C@@H](CCCCN)C(=O)N[C@@H](CCCNC(=N)N)C(=O)N[C@@H](CCCNC(=N)N)C(=O)N[C@@H](Cc1c[nH]c2ccccc12)C(=O)O. The lowest BCUT2D eigenvalue weighted by Gasteiger charge is -2.29. The Morgan fingerprint density at radius 2 is 0.988 bits per heavy atom. The van der Waals surface area contributed by atoms with E-state index in [-0.39, 0.29) is 115 Å². The lowest BCUT2D eigenvalue weighted by atomic mass is 9.96. The van der Waals surface area contributed by atoms with Gasteiger partial charge in [-0.3, -0.25) is 59.4 Å². The number of para-hydroxylation sites is 1. The van der Waals surface area contributed by atoms with Gasteiger partial charge in [0.05, 0.1) is 12.5 Å². The van der Waals surface area contributed by atoms with Crippen LogP contribution in [-0.4, -0.2) is 167 Å². The van der Waals surface area contributed by atoms with E-state index in [1.807, 2.05) is 0 Å². The molecule has 0 radical (unpaired) electrons. The number of carboxylic acids is 2. The summed E-state index contributed by atoms with van der Waals surface area (Å²) in [5, 5.41) is 68.1. The Hall–Kier alpha value is -8.81. The second kappa shape index (κ2) is 36.4. The first-order valence-electron chi connectivity index (χ1n) is 26.9. The highest BCUT2D eigenvalue weighted by Crippen LogP contribution is 2.20. The number of hydrogen-bond acceptors (Lipinski definition) is 15. The number of nitrogens with two attached hydrogens (primary N) is 6. The lowest BCUT2D eigenvalue weighted by Crippen LogP contribution is -2.61. The molecule has 0 unspecified atom stereocenters. The molecule has 32 heteroatoms. The fourth-order valence-electron chi connectivity index (χ4n) is 8.28. The Bertz CT molecular complexity index is 2530. The maximum Gasteiger partial charge on any atom is 0.326 e. The number of guanidine groups is 3. The Morgan fingerprint density at radius 3 is 1.43 bits per heavy atom. The van der Waals surface area contributed by atoms with Crippen LogP contribution in [0.4, 0.5) is 0 Å². The van der Waals surface area contributed by atoms with Crippen LogP contribution >= 0.6 is 0 Å². The predicted octanol–water partition coefficient (Wildman–Crippen LogP) is -4.78. The number of unbranched alkanes of at least 4 members (excludes halogenated alkanes) is 1. The zero-order valence-corrected chi connectivity index (χ0v) is 46.3. The average molecular weight is 1160 g/mol. The molecule has 0 aliphatic rings. The molecule has 32 nitrogen and oxygen atoms in total. The molecule has 0 aliphatic heterocycles. The van der Waals surface area contributed by atoms with Crippen molar-refractivity contribution in [1.29, 1.82) is 16.2 Å². The van der Waals surface area contributed by atoms with Crippen molar-refractivity contribution in [3.63, 3.8) is 0 Å². The number of rotatable bonds is 40. The smallest absolute Gasteiger partial charge is 0.326 e. The second-order valence-corrected chi connectivity index (χ2v) is 19.6. The van der Waals surface area contributed by atoms with Gasteiger partial charge in [0.25, 0.3) is 0 Å². The van der Waals surface area contributed by atoms with Gasteiger partial charge in [0.2, 0.25) is 47.3 Å². The summed E-state index contributed by atoms with van der Waals surface area (Å²) >= 11 is 0. The van der Waals surface area contributed by atoms with E-state index >= 15 is 0 Å². The first kappa shape index (κ1) is 69.3. The Kier molecular flexibility index (Phi) is 30.8. The van der Waals surface area contributed by atoms with Gasteiger partial charge >= 0.3 is 11.9 Å². The highest BCUT2D eigenvalue weighted by molar-refractivity contribution is 5.99. The van der Waals surface area contributed by atoms with Crippen molar-refractivity contribution in [2.24, 2.45) is 40.3 Å². The maximum absolute atomic E-state index is 14.4. The van der Waals surface area contributed by atoms with E-state index in [2.05, 4.69) is 58.2 Å². The third-order valence-corrected chi connectivity index (χ3v) is 13.0. The number of primary amides is 1. The van der Waals surface area contributed by atoms with Crippen LogP contribution in [0.25, 0.3) is 10.9 Å². The number of carbonyl (C=O) groups is 10. The van der Waals surface area contributed by atoms with Crippen molar-refractivity contribution in [3.05, 3.63) is 36.0 Å². The van der Waals surface area contributed by atoms with Crippen LogP contribution in [0.5, 0.6) is 0 Å². The number of aromatic nitrogens is 1. The molecule has 0 aliphatic carbocycles. The van der Waals surface area contributed by atoms with Gasteiger partial charge in [-0.1, -0.05) is 38.5 Å². The summed E-state index contributed by atoms with van der Waals surface area (Å²) in [4.78, 5) is 137. The van der Waals surface area contributed by atoms with E-state index in [1.54, 1.807) is 44.3 Å². The molecule has 2 rings (SSSR count). The standard InChI is InChI=1S/C50H84N20O12/c1-3-26(2)39(70-44(78)34(16-10-22-62-50(58)59)64-40(74)29(52)17-18-38(72)73)46(80)68-35(24-37(53)71)45(79)67-31(13-6-7-19-51)41(75)65-32(14-8-20-60-48(54)55)42(76)66-33(15-9-21-61-49(56)57)43(77)69-36(47(81)82)23-27-25-63-30-12-5-4-11-28(27)30/h4-5,11-12,25-26,29,31-36,39,63H,3,6-10,13-24,51-52H2,1-2H3,(H2,53,71)(H,64,74)(H,65,75)(H,66,76)(H,67,79)(H,68,80)(H,69,77)(H,70,78)(H,72,73)(H,81,82)(H4,54,55,60)(H4,56,57,61)(H4,58,59,62)/t26-,29-,31-,32-,33-,34-,35-,36-,39-/m0/s1. The summed E-state index contributed by atoms with van der Waals surface area (Å²) in [6.45, 7) is 3.69. The molecule has 0 fully saturated rings. The number of amides is 8. The van der Waals surface area contributed by atoms with E-state index in [4.69, 9.17) is 55.7 Å². The molecule has 2 aromatic rings. The van der Waals surface area contributed by atoms with Crippen molar-refractivity contribution in [1.82, 2.24) is 58.2 Å². The third kappa shape index (κ3) is 26.0. The molecule has 28 N–H and O–H groups in total. The van der Waals surface area contributed by atoms with Crippen LogP contribution in [0.2, 0.25) is 0 Å². The van der Waals surface area contributed by atoms with Gasteiger partial charge in [-0.2, -0.15) is 0 Å². The summed E-state index contributed by atoms with van der Waals surface area (Å²) in [6, 6.07) is -4.57. The first-order valence-corrected chi connectivity index (χ1v) is 26.9. The minimum atomic E-state index is -1.77. The van der Waals surface area contributed by atoms with Crippen LogP contribution in [0, 0.1) is 22.1 Å². The number of H-pyrrole nitrogens is 1. The van der Waals surface area contributed by atoms with Crippen LogP contribution in [0.1, 0.15) is 103 Å². The highest BCUT2D eigenvalue weighted by atomic mass is 16.4. The Labute approximate surface area is 473 Å². The molecule has 0 saturated carbocycles. The van der Waals surface area contributed by atoms with E-state index in [9.17, 15) is 53.1 Å². The van der Waals surface area contributed by atoms with Crippen molar-refractivity contribution in [2.75, 3.05) is 26.2 Å². The number of carboxylic acid groups (broad SMARTS) is 2. The fourth-order valence-corrected chi connectivity index (χ4v) is 8.28. The molecule has 8 amide bonds. The molecular formula is C50H84N20O12. The quantitative estimate of drug-likeness (QED) is 0.0169. The molecule has 0 bridgehead atoms. The summed E-state index contributed by atoms with van der Waals surface area (Å²) in [6.07, 6.45) is 0.765. The molecule has 82 heavy (non-hydrogen) atoms. The van der Waals surface area contributed by atoms with Crippen molar-refractivity contribution < 1.29 is 58.2 Å². The Balaban J connectivity index is 2.48. The minimum Gasteiger partial charge on any atom is -0.481 e. The normalized spacial score (nSPS) is 14.2. The van der Waals surface area contributed by atoms with Crippen LogP contribution in [-0.2, 0) is 54.4 Å². The van der Waals surface area contributed by atoms with Gasteiger partial charge in [-0.25, -0.2) is 4.79 Å². The van der Waals surface area contributed by atoms with Crippen LogP contribution in [0.3, 0.4) is 0 Å². The molecular weight excluding hydrogens is 1070 g/mol. The monoisotopic (exact) mass is 1160 g/mol. The topological polar surface area (TPSA) is 575 Å². The van der Waals surface area contributed by atoms with Gasteiger partial charge in [-0.05, 0) is 88.3 Å². The summed E-state index contributed by atoms with van der Waals surface area (Å²) in [5.41, 5.74) is 34.8. The second-order valence-electron chi connectivity index (χ2n) is 19.6. The number of nitrogens with one attached hydrogen (secondary N) is 14. The maximum atomic E-state index is 14.4. The number of hydrogen-bond donors (Lipinski definition) is 22. The highest BCUT2D eigenvalue weighted by Gasteiger charge is 2.36. The molecule has 9 atom stereocenters. The number of fused-ring (bicyclic) bond motifs is 1. The van der Waals surface area contributed by atoms with Crippen molar-refractivity contribution in [2.45, 2.75) is 152 Å². The van der Waals surface area contributed by atoms with E-state index in [1.165, 1.54) is 0 Å². The number of aromatic amines is 1. The van der Waals surface area contributed by atoms with E-state index in [0.717, 1.165) is 10.9 Å². The zero-order valence-electron chi connectivity index (χ0n) is 46.3. The number of aliphatic carboxylic acids is 2. The van der Waals surface area contributed by atoms with Gasteiger partial charge in [-0.15, -0.1) is 0 Å². The molecule has 0 spiro atoms. The van der Waals surface area contributed by atoms with Crippen molar-refractivity contribution >= 4 is 88.0 Å². The van der Waals surface area contributed by atoms with E-state index in [0.29, 0.717) is 12.0 Å². The molecule has 456 valence electrons. The number of carbonyl (C=O) groups excluding carboxylic acids is 8. The largest absolute Gasteiger partial charge is 0.481 e. The third-order valence-electron chi connectivity index (χ3n) is 13.0. The molecule has 1 aromatic heterocycles.